The lowest BCUT2D eigenvalue weighted by molar-refractivity contribution is 0.526. The fraction of sp³-hybridized carbons (Fsp3) is 0.0625. The van der Waals surface area contributed by atoms with E-state index in [1.165, 1.54) is 0 Å². The summed E-state index contributed by atoms with van der Waals surface area (Å²) in [6.07, 6.45) is 1.21. The molecule has 2 heterocycles. The molecule has 2 aromatic heterocycles. The summed E-state index contributed by atoms with van der Waals surface area (Å²) in [4.78, 5) is 9.93. The molecule has 0 aliphatic heterocycles. The average molecular weight is 469 g/mol. The first-order chi connectivity index (χ1) is 17.8. The van der Waals surface area contributed by atoms with Crippen LogP contribution in [-0.2, 0) is 12.8 Å². The maximum Gasteiger partial charge on any atom is 0.226 e. The minimum absolute atomic E-state index is 0.575. The lowest BCUT2D eigenvalue weighted by Crippen LogP contribution is -1.94. The molecule has 4 aromatic carbocycles. The third kappa shape index (κ3) is 4.62. The number of hydrogen-bond donors (Lipinski definition) is 0. The first kappa shape index (κ1) is 21.8. The summed E-state index contributed by atoms with van der Waals surface area (Å²) in [7, 11) is 0. The third-order valence-electron chi connectivity index (χ3n) is 6.08. The van der Waals surface area contributed by atoms with Crippen molar-refractivity contribution in [3.63, 3.8) is 0 Å². The van der Waals surface area contributed by atoms with Crippen LogP contribution >= 0.6 is 0 Å². The van der Waals surface area contributed by atoms with E-state index in [2.05, 4.69) is 24.3 Å². The van der Waals surface area contributed by atoms with Crippen LogP contribution in [0.5, 0.6) is 0 Å². The number of rotatable bonds is 7. The second-order valence-electron chi connectivity index (χ2n) is 8.64. The SMILES string of the molecule is c1ccc(Cc2oc(-c3ccccc3)nc2-c2nc(-c3ccccc3)oc2Cc2ccccc2)cc1. The lowest BCUT2D eigenvalue weighted by atomic mass is 10.1. The predicted octanol–water partition coefficient (Wildman–Crippen LogP) is 7.85. The van der Waals surface area contributed by atoms with Gasteiger partial charge < -0.3 is 8.83 Å². The van der Waals surface area contributed by atoms with Crippen molar-refractivity contribution in [1.29, 1.82) is 0 Å². The van der Waals surface area contributed by atoms with Crippen LogP contribution in [0.3, 0.4) is 0 Å². The van der Waals surface area contributed by atoms with Gasteiger partial charge in [-0.15, -0.1) is 0 Å². The van der Waals surface area contributed by atoms with Gasteiger partial charge in [0, 0.05) is 24.0 Å². The Morgan fingerprint density at radius 3 is 1.11 bits per heavy atom. The Labute approximate surface area is 209 Å². The van der Waals surface area contributed by atoms with Crippen LogP contribution < -0.4 is 0 Å². The van der Waals surface area contributed by atoms with Gasteiger partial charge in [-0.1, -0.05) is 97.1 Å². The predicted molar refractivity (Wildman–Crippen MR) is 141 cm³/mol. The van der Waals surface area contributed by atoms with E-state index in [-0.39, 0.29) is 0 Å². The van der Waals surface area contributed by atoms with Crippen molar-refractivity contribution in [1.82, 2.24) is 9.97 Å². The van der Waals surface area contributed by atoms with Gasteiger partial charge in [-0.05, 0) is 35.4 Å². The van der Waals surface area contributed by atoms with Crippen molar-refractivity contribution in [3.05, 3.63) is 144 Å². The molecule has 0 spiro atoms. The third-order valence-corrected chi connectivity index (χ3v) is 6.08. The molecule has 36 heavy (non-hydrogen) atoms. The molecule has 0 amide bonds. The van der Waals surface area contributed by atoms with Crippen molar-refractivity contribution < 1.29 is 8.83 Å². The van der Waals surface area contributed by atoms with Gasteiger partial charge in [0.05, 0.1) is 0 Å². The van der Waals surface area contributed by atoms with E-state index in [4.69, 9.17) is 18.8 Å². The zero-order valence-electron chi connectivity index (χ0n) is 19.7. The van der Waals surface area contributed by atoms with Crippen LogP contribution in [0.4, 0.5) is 0 Å². The summed E-state index contributed by atoms with van der Waals surface area (Å²) in [5.41, 5.74) is 5.57. The van der Waals surface area contributed by atoms with E-state index in [1.807, 2.05) is 97.1 Å². The van der Waals surface area contributed by atoms with Gasteiger partial charge >= 0.3 is 0 Å². The molecule has 0 bridgehead atoms. The molecule has 6 rings (SSSR count). The quantitative estimate of drug-likeness (QED) is 0.239. The van der Waals surface area contributed by atoms with Crippen molar-refractivity contribution in [2.75, 3.05) is 0 Å². The van der Waals surface area contributed by atoms with E-state index < -0.39 is 0 Å². The molecule has 4 heteroatoms. The fourth-order valence-corrected chi connectivity index (χ4v) is 4.28. The average Bonchev–Trinajstić information content (AvgIpc) is 3.55. The second-order valence-corrected chi connectivity index (χ2v) is 8.64. The van der Waals surface area contributed by atoms with Crippen LogP contribution in [0.2, 0.25) is 0 Å². The van der Waals surface area contributed by atoms with Crippen LogP contribution in [0, 0.1) is 0 Å². The van der Waals surface area contributed by atoms with E-state index in [1.54, 1.807) is 0 Å². The molecule has 0 atom stereocenters. The number of aromatic nitrogens is 2. The van der Waals surface area contributed by atoms with Gasteiger partial charge in [0.2, 0.25) is 11.8 Å². The van der Waals surface area contributed by atoms with Gasteiger partial charge in [0.15, 0.2) is 0 Å². The van der Waals surface area contributed by atoms with Crippen LogP contribution in [0.1, 0.15) is 22.6 Å². The van der Waals surface area contributed by atoms with Crippen LogP contribution in [-0.4, -0.2) is 9.97 Å². The monoisotopic (exact) mass is 468 g/mol. The van der Waals surface area contributed by atoms with E-state index in [9.17, 15) is 0 Å². The minimum atomic E-state index is 0.575. The van der Waals surface area contributed by atoms with Crippen molar-refractivity contribution in [2.45, 2.75) is 12.8 Å². The molecule has 0 aliphatic carbocycles. The highest BCUT2D eigenvalue weighted by Crippen LogP contribution is 2.35. The second kappa shape index (κ2) is 9.88. The maximum atomic E-state index is 6.39. The smallest absolute Gasteiger partial charge is 0.226 e. The molecule has 0 fully saturated rings. The summed E-state index contributed by atoms with van der Waals surface area (Å²) in [5.74, 6) is 2.68. The maximum absolute atomic E-state index is 6.39. The standard InChI is InChI=1S/C32H24N2O2/c1-5-13-23(14-6-1)21-27-29(33-31(35-27)25-17-9-3-10-18-25)30-28(22-24-15-7-2-8-16-24)36-32(34-30)26-19-11-4-12-20-26/h1-20H,21-22H2. The summed E-state index contributed by atoms with van der Waals surface area (Å²) in [6, 6.07) is 40.5. The zero-order chi connectivity index (χ0) is 24.2. The molecular formula is C32H24N2O2. The summed E-state index contributed by atoms with van der Waals surface area (Å²) in [6.45, 7) is 0. The van der Waals surface area contributed by atoms with Crippen LogP contribution in [0.15, 0.2) is 130 Å². The Morgan fingerprint density at radius 2 is 0.750 bits per heavy atom. The van der Waals surface area contributed by atoms with Gasteiger partial charge in [0.25, 0.3) is 0 Å². The molecule has 6 aromatic rings. The van der Waals surface area contributed by atoms with E-state index in [0.717, 1.165) is 45.2 Å². The Bertz CT molecular complexity index is 1430. The minimum Gasteiger partial charge on any atom is -0.440 e. The topological polar surface area (TPSA) is 52.1 Å². The number of nitrogens with zero attached hydrogens (tertiary/aromatic N) is 2. The highest BCUT2D eigenvalue weighted by molar-refractivity contribution is 5.68. The number of hydrogen-bond acceptors (Lipinski definition) is 4. The van der Waals surface area contributed by atoms with Crippen molar-refractivity contribution in [3.8, 4) is 34.3 Å². The van der Waals surface area contributed by atoms with E-state index in [0.29, 0.717) is 24.6 Å². The van der Waals surface area contributed by atoms with Crippen molar-refractivity contribution >= 4 is 0 Å². The Kier molecular flexibility index (Phi) is 5.99. The zero-order valence-corrected chi connectivity index (χ0v) is 19.7. The van der Waals surface area contributed by atoms with E-state index >= 15 is 0 Å². The molecular weight excluding hydrogens is 444 g/mol. The highest BCUT2D eigenvalue weighted by atomic mass is 16.4. The molecule has 0 radical (unpaired) electrons. The number of benzene rings is 4. The van der Waals surface area contributed by atoms with Gasteiger partial charge in [-0.25, -0.2) is 9.97 Å². The molecule has 0 aliphatic rings. The largest absolute Gasteiger partial charge is 0.440 e. The Balaban J connectivity index is 1.50. The molecule has 0 saturated heterocycles. The number of oxazole rings is 2. The molecule has 0 saturated carbocycles. The normalized spacial score (nSPS) is 11.0. The molecule has 4 nitrogen and oxygen atoms in total. The molecule has 0 N–H and O–H groups in total. The lowest BCUT2D eigenvalue weighted by Gasteiger charge is -2.02. The summed E-state index contributed by atoms with van der Waals surface area (Å²) in [5, 5.41) is 0. The molecule has 0 unspecified atom stereocenters. The first-order valence-electron chi connectivity index (χ1n) is 12.0. The molecule has 174 valence electrons. The summed E-state index contributed by atoms with van der Waals surface area (Å²) >= 11 is 0. The van der Waals surface area contributed by atoms with Gasteiger partial charge in [-0.3, -0.25) is 0 Å². The van der Waals surface area contributed by atoms with Crippen molar-refractivity contribution in [2.24, 2.45) is 0 Å². The Morgan fingerprint density at radius 1 is 0.417 bits per heavy atom. The summed E-state index contributed by atoms with van der Waals surface area (Å²) < 4.78 is 12.8. The first-order valence-corrected chi connectivity index (χ1v) is 12.0. The highest BCUT2D eigenvalue weighted by Gasteiger charge is 2.25. The van der Waals surface area contributed by atoms with Gasteiger partial charge in [0.1, 0.15) is 22.9 Å². The fourth-order valence-electron chi connectivity index (χ4n) is 4.28. The van der Waals surface area contributed by atoms with Gasteiger partial charge in [-0.2, -0.15) is 0 Å². The Hall–Kier alpha value is -4.70. The van der Waals surface area contributed by atoms with Crippen LogP contribution in [0.25, 0.3) is 34.3 Å².